The van der Waals surface area contributed by atoms with Crippen LogP contribution >= 0.6 is 0 Å². The molecule has 1 nitrogen and oxygen atoms in total. The van der Waals surface area contributed by atoms with E-state index in [2.05, 4.69) is 40.8 Å². The van der Waals surface area contributed by atoms with Crippen LogP contribution in [-0.2, 0) is 4.79 Å². The zero-order valence-electron chi connectivity index (χ0n) is 10.9. The molecule has 0 spiro atoms. The summed E-state index contributed by atoms with van der Waals surface area (Å²) < 4.78 is 0. The molecule has 0 aliphatic rings. The Balaban J connectivity index is 4.93. The molecule has 0 radical (unpaired) electrons. The van der Waals surface area contributed by atoms with Gasteiger partial charge in [-0.25, -0.2) is 0 Å². The second-order valence-corrected chi connectivity index (χ2v) is 11.4. The minimum Gasteiger partial charge on any atom is -0.300 e. The van der Waals surface area contributed by atoms with Gasteiger partial charge >= 0.3 is 0 Å². The molecule has 0 saturated carbocycles. The fraction of sp³-hybridized carbons (Fsp3) is 0.917. The zero-order chi connectivity index (χ0) is 11.6. The van der Waals surface area contributed by atoms with Crippen molar-refractivity contribution >= 4 is 13.9 Å². The van der Waals surface area contributed by atoms with Gasteiger partial charge in [0, 0.05) is 12.0 Å². The van der Waals surface area contributed by atoms with Crippen LogP contribution in [0.5, 0.6) is 0 Å². The molecule has 0 rings (SSSR count). The molecule has 84 valence electrons. The Bertz CT molecular complexity index is 201. The maximum absolute atomic E-state index is 11.9. The van der Waals surface area contributed by atoms with Crippen molar-refractivity contribution in [3.8, 4) is 0 Å². The summed E-state index contributed by atoms with van der Waals surface area (Å²) in [6, 6.07) is 0. The van der Waals surface area contributed by atoms with Crippen molar-refractivity contribution in [1.82, 2.24) is 0 Å². The molecule has 2 heteroatoms. The van der Waals surface area contributed by atoms with E-state index in [1.54, 1.807) is 0 Å². The standard InChI is InChI=1S/C12H26OSi/c1-8-10(13)11(9-2)14(6,7)12(3,4)5/h11H,8-9H2,1-7H3. The highest BCUT2D eigenvalue weighted by molar-refractivity contribution is 6.84. The minimum atomic E-state index is -1.47. The zero-order valence-corrected chi connectivity index (χ0v) is 11.9. The van der Waals surface area contributed by atoms with E-state index in [1.807, 2.05) is 6.92 Å². The largest absolute Gasteiger partial charge is 0.300 e. The predicted octanol–water partition coefficient (Wildman–Crippen LogP) is 4.25. The first-order chi connectivity index (χ1) is 6.18. The van der Waals surface area contributed by atoms with Gasteiger partial charge < -0.3 is 0 Å². The Hall–Kier alpha value is -0.113. The lowest BCUT2D eigenvalue weighted by molar-refractivity contribution is -0.118. The van der Waals surface area contributed by atoms with Crippen LogP contribution in [0.15, 0.2) is 0 Å². The number of hydrogen-bond acceptors (Lipinski definition) is 1. The molecule has 0 fully saturated rings. The third-order valence-electron chi connectivity index (χ3n) is 3.95. The van der Waals surface area contributed by atoms with Crippen LogP contribution < -0.4 is 0 Å². The smallest absolute Gasteiger partial charge is 0.133 e. The molecule has 0 N–H and O–H groups in total. The molecule has 0 aromatic heterocycles. The lowest BCUT2D eigenvalue weighted by Gasteiger charge is -2.42. The Kier molecular flexibility index (Phi) is 4.57. The van der Waals surface area contributed by atoms with E-state index in [0.29, 0.717) is 22.8 Å². The van der Waals surface area contributed by atoms with E-state index in [0.717, 1.165) is 6.42 Å². The van der Waals surface area contributed by atoms with Gasteiger partial charge in [0.1, 0.15) is 5.78 Å². The van der Waals surface area contributed by atoms with Crippen molar-refractivity contribution in [2.45, 2.75) is 71.1 Å². The lowest BCUT2D eigenvalue weighted by Crippen LogP contribution is -2.45. The van der Waals surface area contributed by atoms with Crippen LogP contribution in [0.4, 0.5) is 0 Å². The summed E-state index contributed by atoms with van der Waals surface area (Å²) in [4.78, 5) is 11.9. The van der Waals surface area contributed by atoms with E-state index in [1.165, 1.54) is 0 Å². The molecule has 0 aliphatic carbocycles. The molecular weight excluding hydrogens is 188 g/mol. The molecular formula is C12H26OSi. The number of carbonyl (C=O) groups is 1. The summed E-state index contributed by atoms with van der Waals surface area (Å²) in [6.45, 7) is 15.7. The second kappa shape index (κ2) is 4.60. The number of rotatable bonds is 4. The highest BCUT2D eigenvalue weighted by Gasteiger charge is 2.43. The number of carbonyl (C=O) groups excluding carboxylic acids is 1. The first-order valence-electron chi connectivity index (χ1n) is 5.71. The molecule has 1 atom stereocenters. The summed E-state index contributed by atoms with van der Waals surface area (Å²) in [5.74, 6) is 0.471. The van der Waals surface area contributed by atoms with Crippen molar-refractivity contribution in [3.05, 3.63) is 0 Å². The topological polar surface area (TPSA) is 17.1 Å². The number of Topliss-reactive ketones (excluding diaryl/α,β-unsaturated/α-hetero) is 1. The number of hydrogen-bond donors (Lipinski definition) is 0. The average molecular weight is 214 g/mol. The average Bonchev–Trinajstić information content (AvgIpc) is 2.02. The van der Waals surface area contributed by atoms with Crippen molar-refractivity contribution in [1.29, 1.82) is 0 Å². The summed E-state index contributed by atoms with van der Waals surface area (Å²) in [5, 5.41) is 0.318. The fourth-order valence-electron chi connectivity index (χ4n) is 1.91. The van der Waals surface area contributed by atoms with E-state index in [9.17, 15) is 4.79 Å². The van der Waals surface area contributed by atoms with E-state index in [-0.39, 0.29) is 0 Å². The minimum absolute atomic E-state index is 0.318. The molecule has 0 aliphatic heterocycles. The Morgan fingerprint density at radius 2 is 1.64 bits per heavy atom. The molecule has 14 heavy (non-hydrogen) atoms. The van der Waals surface area contributed by atoms with Gasteiger partial charge in [-0.15, -0.1) is 0 Å². The van der Waals surface area contributed by atoms with Gasteiger partial charge in [0.15, 0.2) is 0 Å². The molecule has 0 aromatic rings. The molecule has 0 aromatic carbocycles. The van der Waals surface area contributed by atoms with Crippen molar-refractivity contribution < 1.29 is 4.79 Å². The van der Waals surface area contributed by atoms with Crippen molar-refractivity contribution in [2.75, 3.05) is 0 Å². The Labute approximate surface area is 90.3 Å². The summed E-state index contributed by atoms with van der Waals surface area (Å²) >= 11 is 0. The van der Waals surface area contributed by atoms with Crippen LogP contribution in [0.3, 0.4) is 0 Å². The van der Waals surface area contributed by atoms with Gasteiger partial charge in [0.05, 0.1) is 8.07 Å². The van der Waals surface area contributed by atoms with Gasteiger partial charge in [-0.3, -0.25) is 4.79 Å². The van der Waals surface area contributed by atoms with Crippen LogP contribution in [-0.4, -0.2) is 13.9 Å². The molecule has 1 unspecified atom stereocenters. The summed E-state index contributed by atoms with van der Waals surface area (Å²) in [6.07, 6.45) is 1.72. The van der Waals surface area contributed by atoms with E-state index in [4.69, 9.17) is 0 Å². The predicted molar refractivity (Wildman–Crippen MR) is 66.5 cm³/mol. The highest BCUT2D eigenvalue weighted by Crippen LogP contribution is 2.45. The van der Waals surface area contributed by atoms with Gasteiger partial charge in [-0.05, 0) is 11.5 Å². The third kappa shape index (κ3) is 2.69. The van der Waals surface area contributed by atoms with Gasteiger partial charge in [0.25, 0.3) is 0 Å². The van der Waals surface area contributed by atoms with Crippen LogP contribution in [0.1, 0.15) is 47.5 Å². The first kappa shape index (κ1) is 13.9. The molecule has 0 bridgehead atoms. The van der Waals surface area contributed by atoms with E-state index < -0.39 is 8.07 Å². The van der Waals surface area contributed by atoms with Crippen LogP contribution in [0.2, 0.25) is 23.7 Å². The molecule has 0 heterocycles. The molecule has 0 amide bonds. The monoisotopic (exact) mass is 214 g/mol. The van der Waals surface area contributed by atoms with Crippen molar-refractivity contribution in [3.63, 3.8) is 0 Å². The summed E-state index contributed by atoms with van der Waals surface area (Å²) in [5.41, 5.74) is 0.340. The van der Waals surface area contributed by atoms with Gasteiger partial charge in [-0.2, -0.15) is 0 Å². The van der Waals surface area contributed by atoms with Crippen molar-refractivity contribution in [2.24, 2.45) is 0 Å². The Morgan fingerprint density at radius 3 is 1.86 bits per heavy atom. The molecule has 0 saturated heterocycles. The maximum atomic E-state index is 11.9. The lowest BCUT2D eigenvalue weighted by atomic mass is 10.2. The van der Waals surface area contributed by atoms with Crippen LogP contribution in [0.25, 0.3) is 0 Å². The third-order valence-corrected chi connectivity index (χ3v) is 10.3. The first-order valence-corrected chi connectivity index (χ1v) is 8.78. The van der Waals surface area contributed by atoms with Gasteiger partial charge in [0.2, 0.25) is 0 Å². The normalized spacial score (nSPS) is 15.4. The number of ketones is 1. The quantitative estimate of drug-likeness (QED) is 0.639. The van der Waals surface area contributed by atoms with Gasteiger partial charge in [-0.1, -0.05) is 47.7 Å². The van der Waals surface area contributed by atoms with Crippen LogP contribution in [0, 0.1) is 0 Å². The summed E-state index contributed by atoms with van der Waals surface area (Å²) in [7, 11) is -1.47. The Morgan fingerprint density at radius 1 is 1.21 bits per heavy atom. The van der Waals surface area contributed by atoms with E-state index >= 15 is 0 Å². The highest BCUT2D eigenvalue weighted by atomic mass is 28.3. The maximum Gasteiger partial charge on any atom is 0.133 e. The second-order valence-electron chi connectivity index (χ2n) is 5.75. The SMILES string of the molecule is CCC(=O)C(CC)[Si](C)(C)C(C)(C)C. The fourth-order valence-corrected chi connectivity index (χ4v) is 4.98.